The summed E-state index contributed by atoms with van der Waals surface area (Å²) in [5, 5.41) is 6.88. The molecule has 1 N–H and O–H groups in total. The first-order valence-corrected chi connectivity index (χ1v) is 9.74. The summed E-state index contributed by atoms with van der Waals surface area (Å²) in [5.41, 5.74) is 1.58. The maximum atomic E-state index is 12.9. The fourth-order valence-electron chi connectivity index (χ4n) is 3.68. The molecule has 1 amide bonds. The van der Waals surface area contributed by atoms with E-state index in [1.165, 1.54) is 0 Å². The van der Waals surface area contributed by atoms with Crippen molar-refractivity contribution in [3.63, 3.8) is 0 Å². The summed E-state index contributed by atoms with van der Waals surface area (Å²) in [6.07, 6.45) is 6.02. The van der Waals surface area contributed by atoms with Gasteiger partial charge in [0.2, 0.25) is 0 Å². The standard InChI is InChI=1S/C22H27N3O3/c1-3-28-21(27)22(12-7-11-18-9-5-4-6-10-18)13-8-14-25(16-22)20(26)19-15-17(2)23-24-19/h4-7,9-11,15H,3,8,12-14,16H2,1-2H3,(H,23,24)/b11-7+/t22-/m0/s1. The van der Waals surface area contributed by atoms with Gasteiger partial charge in [-0.25, -0.2) is 0 Å². The van der Waals surface area contributed by atoms with E-state index < -0.39 is 5.41 Å². The Labute approximate surface area is 165 Å². The van der Waals surface area contributed by atoms with E-state index >= 15 is 0 Å². The first-order chi connectivity index (χ1) is 13.5. The maximum Gasteiger partial charge on any atom is 0.314 e. The van der Waals surface area contributed by atoms with Gasteiger partial charge in [0.25, 0.3) is 5.91 Å². The minimum Gasteiger partial charge on any atom is -0.466 e. The number of hydrogen-bond acceptors (Lipinski definition) is 4. The summed E-state index contributed by atoms with van der Waals surface area (Å²) >= 11 is 0. The van der Waals surface area contributed by atoms with Crippen LogP contribution in [-0.4, -0.2) is 46.7 Å². The molecule has 1 aromatic carbocycles. The van der Waals surface area contributed by atoms with Crippen LogP contribution < -0.4 is 0 Å². The van der Waals surface area contributed by atoms with Crippen molar-refractivity contribution in [2.24, 2.45) is 5.41 Å². The lowest BCUT2D eigenvalue weighted by molar-refractivity contribution is -0.158. The van der Waals surface area contributed by atoms with Crippen LogP contribution in [0, 0.1) is 12.3 Å². The number of H-pyrrole nitrogens is 1. The van der Waals surface area contributed by atoms with Gasteiger partial charge in [-0.2, -0.15) is 5.10 Å². The second-order valence-electron chi connectivity index (χ2n) is 7.28. The minimum absolute atomic E-state index is 0.148. The van der Waals surface area contributed by atoms with Crippen molar-refractivity contribution in [1.29, 1.82) is 0 Å². The number of benzene rings is 1. The molecule has 1 aliphatic rings. The van der Waals surface area contributed by atoms with E-state index in [4.69, 9.17) is 4.74 Å². The van der Waals surface area contributed by atoms with Gasteiger partial charge < -0.3 is 9.64 Å². The third-order valence-electron chi connectivity index (χ3n) is 5.12. The van der Waals surface area contributed by atoms with Gasteiger partial charge in [-0.15, -0.1) is 0 Å². The van der Waals surface area contributed by atoms with Gasteiger partial charge in [0.15, 0.2) is 0 Å². The summed E-state index contributed by atoms with van der Waals surface area (Å²) in [6.45, 7) is 4.96. The van der Waals surface area contributed by atoms with E-state index in [1.807, 2.05) is 56.3 Å². The van der Waals surface area contributed by atoms with E-state index in [9.17, 15) is 9.59 Å². The molecule has 3 rings (SSSR count). The smallest absolute Gasteiger partial charge is 0.314 e. The van der Waals surface area contributed by atoms with Crippen molar-refractivity contribution < 1.29 is 14.3 Å². The monoisotopic (exact) mass is 381 g/mol. The molecule has 0 aliphatic carbocycles. The number of aromatic amines is 1. The third-order valence-corrected chi connectivity index (χ3v) is 5.12. The van der Waals surface area contributed by atoms with Crippen LogP contribution in [0.15, 0.2) is 42.5 Å². The number of ether oxygens (including phenoxy) is 1. The van der Waals surface area contributed by atoms with Crippen molar-refractivity contribution in [2.75, 3.05) is 19.7 Å². The number of carbonyl (C=O) groups is 2. The first-order valence-electron chi connectivity index (χ1n) is 9.74. The van der Waals surface area contributed by atoms with E-state index in [1.54, 1.807) is 11.0 Å². The number of aromatic nitrogens is 2. The molecular weight excluding hydrogens is 354 g/mol. The van der Waals surface area contributed by atoms with Crippen LogP contribution in [0.5, 0.6) is 0 Å². The normalized spacial score (nSPS) is 19.7. The minimum atomic E-state index is -0.722. The molecule has 6 heteroatoms. The Balaban J connectivity index is 1.79. The Morgan fingerprint density at radius 1 is 1.32 bits per heavy atom. The molecule has 0 saturated carbocycles. The molecule has 0 spiro atoms. The highest BCUT2D eigenvalue weighted by Gasteiger charge is 2.44. The fraction of sp³-hybridized carbons (Fsp3) is 0.409. The molecule has 2 heterocycles. The predicted molar refractivity (Wildman–Crippen MR) is 108 cm³/mol. The summed E-state index contributed by atoms with van der Waals surface area (Å²) in [4.78, 5) is 27.4. The molecule has 2 aromatic rings. The topological polar surface area (TPSA) is 75.3 Å². The predicted octanol–water partition coefficient (Wildman–Crippen LogP) is 3.61. The zero-order chi connectivity index (χ0) is 20.0. The Kier molecular flexibility index (Phi) is 6.29. The highest BCUT2D eigenvalue weighted by Crippen LogP contribution is 2.36. The first kappa shape index (κ1) is 19.9. The van der Waals surface area contributed by atoms with Gasteiger partial charge >= 0.3 is 5.97 Å². The number of rotatable bonds is 6. The third kappa shape index (κ3) is 4.50. The average Bonchev–Trinajstić information content (AvgIpc) is 3.15. The van der Waals surface area contributed by atoms with Gasteiger partial charge in [0.1, 0.15) is 5.69 Å². The van der Waals surface area contributed by atoms with Crippen LogP contribution in [0.3, 0.4) is 0 Å². The average molecular weight is 381 g/mol. The molecule has 0 unspecified atom stereocenters. The zero-order valence-electron chi connectivity index (χ0n) is 16.5. The van der Waals surface area contributed by atoms with E-state index in [0.717, 1.165) is 17.7 Å². The SMILES string of the molecule is CCOC(=O)[C@@]1(C/C=C/c2ccccc2)CCCN(C(=O)c2cc(C)[nH]n2)C1. The summed E-state index contributed by atoms with van der Waals surface area (Å²) < 4.78 is 5.39. The van der Waals surface area contributed by atoms with E-state index in [2.05, 4.69) is 10.2 Å². The molecule has 0 bridgehead atoms. The number of nitrogens with zero attached hydrogens (tertiary/aromatic N) is 2. The highest BCUT2D eigenvalue weighted by molar-refractivity contribution is 5.93. The van der Waals surface area contributed by atoms with Crippen LogP contribution in [0.4, 0.5) is 0 Å². The molecule has 1 fully saturated rings. The molecular formula is C22H27N3O3. The zero-order valence-corrected chi connectivity index (χ0v) is 16.5. The van der Waals surface area contributed by atoms with Crippen molar-refractivity contribution in [1.82, 2.24) is 15.1 Å². The molecule has 1 saturated heterocycles. The molecule has 148 valence electrons. The fourth-order valence-corrected chi connectivity index (χ4v) is 3.68. The molecule has 1 aliphatic heterocycles. The lowest BCUT2D eigenvalue weighted by atomic mass is 9.76. The van der Waals surface area contributed by atoms with Crippen molar-refractivity contribution in [2.45, 2.75) is 33.1 Å². The van der Waals surface area contributed by atoms with Crippen LogP contribution >= 0.6 is 0 Å². The Hall–Kier alpha value is -2.89. The number of allylic oxidation sites excluding steroid dienone is 1. The second kappa shape index (κ2) is 8.87. The lowest BCUT2D eigenvalue weighted by Gasteiger charge is -2.40. The van der Waals surface area contributed by atoms with Crippen molar-refractivity contribution >= 4 is 18.0 Å². The lowest BCUT2D eigenvalue weighted by Crippen LogP contribution is -2.50. The number of likely N-dealkylation sites (tertiary alicyclic amines) is 1. The van der Waals surface area contributed by atoms with Crippen molar-refractivity contribution in [3.05, 3.63) is 59.4 Å². The number of amides is 1. The van der Waals surface area contributed by atoms with Gasteiger partial charge in [0, 0.05) is 18.8 Å². The Morgan fingerprint density at radius 3 is 2.79 bits per heavy atom. The molecule has 28 heavy (non-hydrogen) atoms. The number of aryl methyl sites for hydroxylation is 1. The maximum absolute atomic E-state index is 12.9. The van der Waals surface area contributed by atoms with Crippen LogP contribution in [0.1, 0.15) is 47.9 Å². The molecule has 1 atom stereocenters. The number of esters is 1. The Morgan fingerprint density at radius 2 is 2.11 bits per heavy atom. The van der Waals surface area contributed by atoms with Crippen LogP contribution in [0.25, 0.3) is 6.08 Å². The van der Waals surface area contributed by atoms with Gasteiger partial charge in [-0.05, 0) is 44.7 Å². The summed E-state index contributed by atoms with van der Waals surface area (Å²) in [7, 11) is 0. The van der Waals surface area contributed by atoms with Gasteiger partial charge in [0.05, 0.1) is 12.0 Å². The summed E-state index contributed by atoms with van der Waals surface area (Å²) in [5.74, 6) is -0.381. The number of nitrogens with one attached hydrogen (secondary N) is 1. The molecule has 1 aromatic heterocycles. The molecule has 0 radical (unpaired) electrons. The number of carbonyl (C=O) groups excluding carboxylic acids is 2. The van der Waals surface area contributed by atoms with Crippen LogP contribution in [0.2, 0.25) is 0 Å². The van der Waals surface area contributed by atoms with Gasteiger partial charge in [-0.3, -0.25) is 14.7 Å². The van der Waals surface area contributed by atoms with Crippen molar-refractivity contribution in [3.8, 4) is 0 Å². The van der Waals surface area contributed by atoms with E-state index in [0.29, 0.717) is 38.2 Å². The highest BCUT2D eigenvalue weighted by atomic mass is 16.5. The van der Waals surface area contributed by atoms with Crippen LogP contribution in [-0.2, 0) is 9.53 Å². The Bertz CT molecular complexity index is 844. The van der Waals surface area contributed by atoms with E-state index in [-0.39, 0.29) is 11.9 Å². The van der Waals surface area contributed by atoms with Gasteiger partial charge in [-0.1, -0.05) is 42.5 Å². The summed E-state index contributed by atoms with van der Waals surface area (Å²) in [6, 6.07) is 11.7. The second-order valence-corrected chi connectivity index (χ2v) is 7.28. The quantitative estimate of drug-likeness (QED) is 0.776. The number of hydrogen-bond donors (Lipinski definition) is 1. The molecule has 6 nitrogen and oxygen atoms in total. The largest absolute Gasteiger partial charge is 0.466 e. The number of piperidine rings is 1.